The van der Waals surface area contributed by atoms with Crippen molar-refractivity contribution in [1.82, 2.24) is 21.3 Å². The first-order chi connectivity index (χ1) is 25.3. The Bertz CT molecular complexity index is 1550. The van der Waals surface area contributed by atoms with Gasteiger partial charge in [-0.05, 0) is 117 Å². The lowest BCUT2D eigenvalue weighted by molar-refractivity contribution is -0.151. The van der Waals surface area contributed by atoms with Crippen molar-refractivity contribution < 1.29 is 33.8 Å². The molecule has 0 aliphatic heterocycles. The second kappa shape index (κ2) is 18.1. The molecule has 0 radical (unpaired) electrons. The highest BCUT2D eigenvalue weighted by Gasteiger charge is 2.50. The summed E-state index contributed by atoms with van der Waals surface area (Å²) in [6.45, 7) is 5.31. The number of nitrogens with one attached hydrogen (secondary N) is 4. The fourth-order valence-electron chi connectivity index (χ4n) is 9.01. The van der Waals surface area contributed by atoms with Crippen LogP contribution in [0.3, 0.4) is 0 Å². The topological polar surface area (TPSA) is 189 Å². The molecule has 4 fully saturated rings. The van der Waals surface area contributed by atoms with Gasteiger partial charge in [-0.25, -0.2) is 4.79 Å². The number of hydrogen-bond acceptors (Lipinski definition) is 8. The molecule has 0 spiro atoms. The molecule has 6 rings (SSSR count). The minimum Gasteiger partial charge on any atom is -0.508 e. The molecule has 0 heterocycles. The third-order valence-corrected chi connectivity index (χ3v) is 11.2. The van der Waals surface area contributed by atoms with E-state index in [9.17, 15) is 29.1 Å². The van der Waals surface area contributed by atoms with Crippen molar-refractivity contribution in [3.8, 4) is 5.75 Å². The predicted octanol–water partition coefficient (Wildman–Crippen LogP) is 3.29. The van der Waals surface area contributed by atoms with Crippen LogP contribution in [-0.2, 0) is 41.6 Å². The van der Waals surface area contributed by atoms with Gasteiger partial charge >= 0.3 is 5.97 Å². The van der Waals surface area contributed by atoms with Crippen molar-refractivity contribution in [3.63, 3.8) is 0 Å². The van der Waals surface area contributed by atoms with Crippen molar-refractivity contribution in [1.29, 1.82) is 0 Å². The zero-order valence-electron chi connectivity index (χ0n) is 31.3. The van der Waals surface area contributed by atoms with Crippen LogP contribution in [-0.4, -0.2) is 72.0 Å². The number of carbonyl (C=O) groups excluding carboxylic acids is 5. The van der Waals surface area contributed by atoms with E-state index in [0.29, 0.717) is 13.0 Å². The summed E-state index contributed by atoms with van der Waals surface area (Å²) in [5.41, 5.74) is 7.85. The molecule has 4 bridgehead atoms. The van der Waals surface area contributed by atoms with E-state index in [1.54, 1.807) is 12.1 Å². The Balaban J connectivity index is 1.13. The van der Waals surface area contributed by atoms with E-state index >= 15 is 0 Å². The lowest BCUT2D eigenvalue weighted by Crippen LogP contribution is -2.55. The highest BCUT2D eigenvalue weighted by Crippen LogP contribution is 2.61. The standard InChI is InChI=1S/C41H57N5O7/c1-25(2)15-35(40(52)53-14-13-41-21-29-16-30(22-41)18-31(17-29)23-41)46-39(51)34(20-27-7-5-4-6-8-27)45-36(48)24-43-37(49)26(3)44-38(50)33(42)19-28-9-11-32(47)12-10-28/h4-12,25-26,29-31,33-35,47H,13-24,42H2,1-3H3,(H,43,49)(H,44,50)(H,45,48)(H,46,51)/t26-,29?,30?,31?,33+,34+,35+,41?/m1/s1. The number of carbonyl (C=O) groups is 5. The van der Waals surface area contributed by atoms with Gasteiger partial charge in [-0.3, -0.25) is 19.2 Å². The molecule has 4 saturated carbocycles. The molecule has 12 nitrogen and oxygen atoms in total. The first-order valence-electron chi connectivity index (χ1n) is 19.2. The number of nitrogens with two attached hydrogens (primary N) is 1. The third-order valence-electron chi connectivity index (χ3n) is 11.2. The van der Waals surface area contributed by atoms with Crippen LogP contribution >= 0.6 is 0 Å². The fraction of sp³-hybridized carbons (Fsp3) is 0.585. The Hall–Kier alpha value is -4.45. The van der Waals surface area contributed by atoms with Gasteiger partial charge in [0.05, 0.1) is 19.2 Å². The van der Waals surface area contributed by atoms with Gasteiger partial charge < -0.3 is 36.8 Å². The lowest BCUT2D eigenvalue weighted by Gasteiger charge is -2.57. The first kappa shape index (κ1) is 39.8. The van der Waals surface area contributed by atoms with Crippen molar-refractivity contribution in [2.45, 2.75) is 109 Å². The maximum atomic E-state index is 13.8. The number of amides is 4. The lowest BCUT2D eigenvalue weighted by atomic mass is 9.49. The second-order valence-electron chi connectivity index (χ2n) is 16.3. The number of hydrogen-bond donors (Lipinski definition) is 6. The first-order valence-corrected chi connectivity index (χ1v) is 19.2. The van der Waals surface area contributed by atoms with Gasteiger partial charge in [-0.15, -0.1) is 0 Å². The molecule has 288 valence electrons. The summed E-state index contributed by atoms with van der Waals surface area (Å²) in [6.07, 6.45) is 9.35. The van der Waals surface area contributed by atoms with Crippen LogP contribution in [0.5, 0.6) is 5.75 Å². The van der Waals surface area contributed by atoms with Crippen LogP contribution in [0, 0.1) is 29.1 Å². The van der Waals surface area contributed by atoms with E-state index in [-0.39, 0.29) is 29.9 Å². The Morgan fingerprint density at radius 1 is 0.774 bits per heavy atom. The average Bonchev–Trinajstić information content (AvgIpc) is 3.10. The van der Waals surface area contributed by atoms with E-state index < -0.39 is 60.3 Å². The summed E-state index contributed by atoms with van der Waals surface area (Å²) < 4.78 is 5.85. The van der Waals surface area contributed by atoms with Crippen LogP contribution < -0.4 is 27.0 Å². The van der Waals surface area contributed by atoms with Crippen LogP contribution in [0.4, 0.5) is 0 Å². The molecular weight excluding hydrogens is 674 g/mol. The molecule has 4 aliphatic rings. The molecule has 2 aromatic rings. The highest BCUT2D eigenvalue weighted by atomic mass is 16.5. The molecule has 2 aromatic carbocycles. The van der Waals surface area contributed by atoms with Gasteiger partial charge in [0.15, 0.2) is 0 Å². The largest absolute Gasteiger partial charge is 0.508 e. The Kier molecular flexibility index (Phi) is 13.5. The Labute approximate surface area is 312 Å². The highest BCUT2D eigenvalue weighted by molar-refractivity contribution is 5.94. The smallest absolute Gasteiger partial charge is 0.328 e. The van der Waals surface area contributed by atoms with Crippen LogP contribution in [0.2, 0.25) is 0 Å². The van der Waals surface area contributed by atoms with Crippen molar-refractivity contribution in [3.05, 3.63) is 65.7 Å². The number of rotatable bonds is 18. The van der Waals surface area contributed by atoms with Crippen LogP contribution in [0.1, 0.15) is 83.3 Å². The van der Waals surface area contributed by atoms with Gasteiger partial charge in [-0.2, -0.15) is 0 Å². The quantitative estimate of drug-likeness (QED) is 0.126. The summed E-state index contributed by atoms with van der Waals surface area (Å²) >= 11 is 0. The van der Waals surface area contributed by atoms with Gasteiger partial charge in [0.25, 0.3) is 0 Å². The summed E-state index contributed by atoms with van der Waals surface area (Å²) in [6, 6.07) is 11.7. The Morgan fingerprint density at radius 3 is 1.98 bits per heavy atom. The van der Waals surface area contributed by atoms with Gasteiger partial charge in [0, 0.05) is 6.42 Å². The van der Waals surface area contributed by atoms with Gasteiger partial charge in [0.1, 0.15) is 23.9 Å². The molecule has 0 aromatic heterocycles. The van der Waals surface area contributed by atoms with Crippen LogP contribution in [0.25, 0.3) is 0 Å². The number of phenolic OH excluding ortho intramolecular Hbond substituents is 1. The molecule has 0 unspecified atom stereocenters. The molecule has 4 atom stereocenters. The third kappa shape index (κ3) is 11.5. The molecular formula is C41H57N5O7. The van der Waals surface area contributed by atoms with Crippen molar-refractivity contribution in [2.75, 3.05) is 13.2 Å². The zero-order valence-corrected chi connectivity index (χ0v) is 31.3. The summed E-state index contributed by atoms with van der Waals surface area (Å²) in [4.78, 5) is 65.8. The van der Waals surface area contributed by atoms with Crippen molar-refractivity contribution >= 4 is 29.6 Å². The van der Waals surface area contributed by atoms with Crippen molar-refractivity contribution in [2.24, 2.45) is 34.8 Å². The zero-order chi connectivity index (χ0) is 38.1. The van der Waals surface area contributed by atoms with E-state index in [0.717, 1.165) is 35.3 Å². The molecule has 53 heavy (non-hydrogen) atoms. The fourth-order valence-corrected chi connectivity index (χ4v) is 9.01. The number of ether oxygens (including phenoxy) is 1. The van der Waals surface area contributed by atoms with Gasteiger partial charge in [0.2, 0.25) is 23.6 Å². The minimum atomic E-state index is -1.04. The van der Waals surface area contributed by atoms with Gasteiger partial charge in [-0.1, -0.05) is 56.3 Å². The molecule has 4 amide bonds. The number of esters is 1. The summed E-state index contributed by atoms with van der Waals surface area (Å²) in [5, 5.41) is 20.1. The second-order valence-corrected chi connectivity index (χ2v) is 16.3. The van der Waals surface area contributed by atoms with E-state index in [1.165, 1.54) is 57.6 Å². The minimum absolute atomic E-state index is 0.0956. The summed E-state index contributed by atoms with van der Waals surface area (Å²) in [5.74, 6) is -0.137. The van der Waals surface area contributed by atoms with E-state index in [1.807, 2.05) is 44.2 Å². The van der Waals surface area contributed by atoms with E-state index in [2.05, 4.69) is 21.3 Å². The number of phenols is 1. The Morgan fingerprint density at radius 2 is 1.38 bits per heavy atom. The number of benzene rings is 2. The maximum Gasteiger partial charge on any atom is 0.328 e. The SMILES string of the molecule is CC(C)C[C@H](NC(=O)[C@H](Cc1ccccc1)NC(=O)CNC(=O)[C@@H](C)NC(=O)[C@@H](N)Cc1ccc(O)cc1)C(=O)OCCC12CC3CC(CC(C3)C1)C2. The maximum absolute atomic E-state index is 13.8. The van der Waals surface area contributed by atoms with Crippen LogP contribution in [0.15, 0.2) is 54.6 Å². The average molecular weight is 732 g/mol. The molecule has 4 aliphatic carbocycles. The monoisotopic (exact) mass is 731 g/mol. The normalized spacial score (nSPS) is 23.7. The molecule has 7 N–H and O–H groups in total. The summed E-state index contributed by atoms with van der Waals surface area (Å²) in [7, 11) is 0. The number of aromatic hydroxyl groups is 1. The van der Waals surface area contributed by atoms with E-state index in [4.69, 9.17) is 10.5 Å². The molecule has 12 heteroatoms. The predicted molar refractivity (Wildman–Crippen MR) is 200 cm³/mol. The molecule has 0 saturated heterocycles.